The van der Waals surface area contributed by atoms with E-state index in [-0.39, 0.29) is 16.6 Å². The summed E-state index contributed by atoms with van der Waals surface area (Å²) in [5, 5.41) is 14.7. The van der Waals surface area contributed by atoms with Crippen LogP contribution in [0.1, 0.15) is 24.4 Å². The average molecular weight is 420 g/mol. The van der Waals surface area contributed by atoms with Crippen LogP contribution in [0.15, 0.2) is 47.4 Å². The molecule has 2 aromatic rings. The molecule has 8 nitrogen and oxygen atoms in total. The number of methoxy groups -OCH3 is 1. The van der Waals surface area contributed by atoms with Crippen molar-refractivity contribution in [3.05, 3.63) is 58.1 Å². The Hall–Kier alpha value is -2.65. The van der Waals surface area contributed by atoms with Crippen molar-refractivity contribution < 1.29 is 18.1 Å². The summed E-state index contributed by atoms with van der Waals surface area (Å²) in [6.07, 6.45) is 3.24. The molecule has 0 aromatic heterocycles. The number of likely N-dealkylation sites (tertiary alicyclic amines) is 1. The Morgan fingerprint density at radius 2 is 1.90 bits per heavy atom. The first-order valence-corrected chi connectivity index (χ1v) is 11.3. The van der Waals surface area contributed by atoms with Crippen LogP contribution in [0, 0.1) is 10.1 Å². The lowest BCUT2D eigenvalue weighted by Crippen LogP contribution is -2.31. The largest absolute Gasteiger partial charge is 0.496 e. The lowest BCUT2D eigenvalue weighted by molar-refractivity contribution is -0.384. The van der Waals surface area contributed by atoms with Gasteiger partial charge in [0.2, 0.25) is 0 Å². The molecule has 1 fully saturated rings. The van der Waals surface area contributed by atoms with Crippen LogP contribution in [0.25, 0.3) is 0 Å². The molecule has 0 aliphatic carbocycles. The Morgan fingerprint density at radius 1 is 1.21 bits per heavy atom. The summed E-state index contributed by atoms with van der Waals surface area (Å²) in [6.45, 7) is 2.32. The van der Waals surface area contributed by atoms with Crippen molar-refractivity contribution in [3.63, 3.8) is 0 Å². The molecule has 0 amide bonds. The maximum absolute atomic E-state index is 11.8. The van der Waals surface area contributed by atoms with Gasteiger partial charge < -0.3 is 10.1 Å². The van der Waals surface area contributed by atoms with E-state index in [2.05, 4.69) is 10.2 Å². The Labute approximate surface area is 170 Å². The molecule has 1 aliphatic rings. The topological polar surface area (TPSA) is 102 Å². The second-order valence-electron chi connectivity index (χ2n) is 7.09. The van der Waals surface area contributed by atoms with Gasteiger partial charge in [0.15, 0.2) is 9.84 Å². The van der Waals surface area contributed by atoms with Crippen LogP contribution in [-0.4, -0.2) is 51.2 Å². The molecule has 0 saturated carbocycles. The van der Waals surface area contributed by atoms with Gasteiger partial charge in [0.05, 0.1) is 23.0 Å². The van der Waals surface area contributed by atoms with Gasteiger partial charge in [0.1, 0.15) is 11.4 Å². The molecule has 0 bridgehead atoms. The van der Waals surface area contributed by atoms with Gasteiger partial charge in [-0.1, -0.05) is 18.2 Å². The maximum atomic E-state index is 11.8. The van der Waals surface area contributed by atoms with Crippen LogP contribution >= 0.6 is 0 Å². The van der Waals surface area contributed by atoms with E-state index in [9.17, 15) is 18.5 Å². The van der Waals surface area contributed by atoms with Crippen molar-refractivity contribution in [1.82, 2.24) is 4.90 Å². The number of nitro benzene ring substituents is 1. The Morgan fingerprint density at radius 3 is 2.52 bits per heavy atom. The number of nitrogens with one attached hydrogen (secondary N) is 1. The van der Waals surface area contributed by atoms with E-state index in [0.29, 0.717) is 12.2 Å². The summed E-state index contributed by atoms with van der Waals surface area (Å²) in [5.74, 6) is 0.771. The number of benzene rings is 2. The van der Waals surface area contributed by atoms with Crippen molar-refractivity contribution in [2.45, 2.75) is 23.8 Å². The minimum Gasteiger partial charge on any atom is -0.496 e. The Kier molecular flexibility index (Phi) is 6.39. The fraction of sp³-hybridized carbons (Fsp3) is 0.400. The van der Waals surface area contributed by atoms with Gasteiger partial charge in [-0.2, -0.15) is 0 Å². The predicted octanol–water partition coefficient (Wildman–Crippen LogP) is 3.26. The van der Waals surface area contributed by atoms with Gasteiger partial charge in [0, 0.05) is 24.4 Å². The van der Waals surface area contributed by atoms with Gasteiger partial charge in [-0.05, 0) is 44.1 Å². The van der Waals surface area contributed by atoms with E-state index in [4.69, 9.17) is 4.74 Å². The number of nitro groups is 1. The summed E-state index contributed by atoms with van der Waals surface area (Å²) in [6, 6.07) is 11.7. The van der Waals surface area contributed by atoms with Crippen LogP contribution in [0.2, 0.25) is 0 Å². The summed E-state index contributed by atoms with van der Waals surface area (Å²) in [5.41, 5.74) is 1.05. The lowest BCUT2D eigenvalue weighted by Gasteiger charge is -2.29. The van der Waals surface area contributed by atoms with Gasteiger partial charge in [0.25, 0.3) is 5.69 Å². The Balaban J connectivity index is 1.91. The average Bonchev–Trinajstić information content (AvgIpc) is 3.22. The quantitative estimate of drug-likeness (QED) is 0.517. The number of anilines is 1. The Bertz CT molecular complexity index is 987. The second-order valence-corrected chi connectivity index (χ2v) is 9.11. The zero-order valence-electron chi connectivity index (χ0n) is 16.5. The first-order valence-electron chi connectivity index (χ1n) is 9.40. The van der Waals surface area contributed by atoms with Gasteiger partial charge >= 0.3 is 0 Å². The minimum atomic E-state index is -3.53. The molecule has 0 radical (unpaired) electrons. The highest BCUT2D eigenvalue weighted by molar-refractivity contribution is 7.90. The van der Waals surface area contributed by atoms with Gasteiger partial charge in [-0.25, -0.2) is 8.42 Å². The molecular weight excluding hydrogens is 394 g/mol. The normalized spacial score (nSPS) is 15.8. The number of ether oxygens (including phenoxy) is 1. The summed E-state index contributed by atoms with van der Waals surface area (Å²) in [7, 11) is -1.90. The minimum absolute atomic E-state index is 0.0251. The molecule has 1 saturated heterocycles. The number of sulfone groups is 1. The third-order valence-electron chi connectivity index (χ3n) is 5.16. The SMILES string of the molecule is COc1ccccc1[C@H](CNc1ccc(S(C)(=O)=O)cc1[N+](=O)[O-])N1CCCC1. The lowest BCUT2D eigenvalue weighted by atomic mass is 10.0. The molecule has 3 rings (SSSR count). The number of rotatable bonds is 8. The fourth-order valence-corrected chi connectivity index (χ4v) is 4.32. The molecule has 0 unspecified atom stereocenters. The second kappa shape index (κ2) is 8.79. The van der Waals surface area contributed by atoms with Crippen molar-refractivity contribution in [2.75, 3.05) is 38.3 Å². The summed E-state index contributed by atoms with van der Waals surface area (Å²) < 4.78 is 29.0. The van der Waals surface area contributed by atoms with Crippen LogP contribution in [0.3, 0.4) is 0 Å². The van der Waals surface area contributed by atoms with Crippen molar-refractivity contribution in [1.29, 1.82) is 0 Å². The number of hydrogen-bond donors (Lipinski definition) is 1. The smallest absolute Gasteiger partial charge is 0.293 e. The van der Waals surface area contributed by atoms with Crippen LogP contribution in [0.4, 0.5) is 11.4 Å². The first-order chi connectivity index (χ1) is 13.8. The van der Waals surface area contributed by atoms with E-state index < -0.39 is 14.8 Å². The van der Waals surface area contributed by atoms with Gasteiger partial charge in [-0.3, -0.25) is 15.0 Å². The van der Waals surface area contributed by atoms with Crippen LogP contribution in [0.5, 0.6) is 5.75 Å². The monoisotopic (exact) mass is 419 g/mol. The number of hydrogen-bond acceptors (Lipinski definition) is 7. The van der Waals surface area contributed by atoms with Crippen LogP contribution < -0.4 is 10.1 Å². The molecule has 1 atom stereocenters. The summed E-state index contributed by atoms with van der Waals surface area (Å²) in [4.78, 5) is 13.2. The highest BCUT2D eigenvalue weighted by Crippen LogP contribution is 2.33. The molecule has 1 N–H and O–H groups in total. The zero-order chi connectivity index (χ0) is 21.0. The highest BCUT2D eigenvalue weighted by Gasteiger charge is 2.27. The fourth-order valence-electron chi connectivity index (χ4n) is 3.68. The molecule has 29 heavy (non-hydrogen) atoms. The third kappa shape index (κ3) is 4.86. The van der Waals surface area contributed by atoms with E-state index >= 15 is 0 Å². The van der Waals surface area contributed by atoms with Crippen LogP contribution in [-0.2, 0) is 9.84 Å². The van der Waals surface area contributed by atoms with E-state index in [1.54, 1.807) is 7.11 Å². The standard InChI is InChI=1S/C20H25N3O5S/c1-28-20-8-4-3-7-16(20)19(22-11-5-6-12-22)14-21-17-10-9-15(29(2,26)27)13-18(17)23(24)25/h3-4,7-10,13,19,21H,5-6,11-12,14H2,1-2H3/t19-/m0/s1. The van der Waals surface area contributed by atoms with Crippen molar-refractivity contribution in [2.24, 2.45) is 0 Å². The molecule has 1 heterocycles. The number of nitrogens with zero attached hydrogens (tertiary/aromatic N) is 2. The maximum Gasteiger partial charge on any atom is 0.293 e. The van der Waals surface area contributed by atoms with Crippen molar-refractivity contribution >= 4 is 21.2 Å². The third-order valence-corrected chi connectivity index (χ3v) is 6.27. The van der Waals surface area contributed by atoms with Gasteiger partial charge in [-0.15, -0.1) is 0 Å². The van der Waals surface area contributed by atoms with Crippen molar-refractivity contribution in [3.8, 4) is 5.75 Å². The van der Waals surface area contributed by atoms with E-state index in [1.165, 1.54) is 12.1 Å². The molecule has 156 valence electrons. The molecule has 1 aliphatic heterocycles. The number of para-hydroxylation sites is 1. The highest BCUT2D eigenvalue weighted by atomic mass is 32.2. The summed E-state index contributed by atoms with van der Waals surface area (Å²) >= 11 is 0. The molecule has 0 spiro atoms. The molecule has 9 heteroatoms. The predicted molar refractivity (Wildman–Crippen MR) is 111 cm³/mol. The molecule has 2 aromatic carbocycles. The van der Waals surface area contributed by atoms with E-state index in [0.717, 1.165) is 49.6 Å². The molecular formula is C20H25N3O5S. The zero-order valence-corrected chi connectivity index (χ0v) is 17.3. The first kappa shape index (κ1) is 21.1. The van der Waals surface area contributed by atoms with E-state index in [1.807, 2.05) is 24.3 Å².